The molecule has 0 amide bonds. The quantitative estimate of drug-likeness (QED) is 0.289. The minimum Gasteiger partial charge on any atom is -0.457 e. The summed E-state index contributed by atoms with van der Waals surface area (Å²) in [5, 5.41) is 0. The molecule has 0 aromatic heterocycles. The zero-order chi connectivity index (χ0) is 13.6. The van der Waals surface area contributed by atoms with Gasteiger partial charge < -0.3 is 9.47 Å². The van der Waals surface area contributed by atoms with E-state index in [4.69, 9.17) is 9.47 Å². The smallest absolute Gasteiger partial charge is 0.417 e. The van der Waals surface area contributed by atoms with E-state index >= 15 is 0 Å². The van der Waals surface area contributed by atoms with Crippen LogP contribution in [0.2, 0.25) is 0 Å². The number of allylic oxidation sites excluding steroid dienone is 2. The molecule has 0 saturated carbocycles. The van der Waals surface area contributed by atoms with Crippen LogP contribution in [0.3, 0.4) is 0 Å². The number of hydrogen-bond acceptors (Lipinski definition) is 4. The van der Waals surface area contributed by atoms with Gasteiger partial charge in [-0.1, -0.05) is 38.2 Å². The molecule has 102 valence electrons. The second-order valence-electron chi connectivity index (χ2n) is 3.61. The molecular formula is C14H22O4. The lowest BCUT2D eigenvalue weighted by Crippen LogP contribution is -2.21. The Hall–Kier alpha value is -1.58. The van der Waals surface area contributed by atoms with Crippen molar-refractivity contribution in [3.63, 3.8) is 0 Å². The summed E-state index contributed by atoms with van der Waals surface area (Å²) in [6.45, 7) is 4.46. The summed E-state index contributed by atoms with van der Waals surface area (Å²) in [7, 11) is 0. The average Bonchev–Trinajstić information content (AvgIpc) is 2.37. The van der Waals surface area contributed by atoms with E-state index in [2.05, 4.69) is 0 Å². The summed E-state index contributed by atoms with van der Waals surface area (Å²) in [6.07, 6.45) is 10.9. The van der Waals surface area contributed by atoms with Gasteiger partial charge in [0, 0.05) is 0 Å². The van der Waals surface area contributed by atoms with Gasteiger partial charge in [0.25, 0.3) is 0 Å². The Morgan fingerprint density at radius 1 is 0.778 bits per heavy atom. The number of esters is 2. The second kappa shape index (κ2) is 11.9. The van der Waals surface area contributed by atoms with Gasteiger partial charge in [0.15, 0.2) is 0 Å². The molecule has 0 atom stereocenters. The lowest BCUT2D eigenvalue weighted by Gasteiger charge is -2.03. The highest BCUT2D eigenvalue weighted by molar-refractivity contribution is 6.29. The number of carbonyl (C=O) groups is 2. The summed E-state index contributed by atoms with van der Waals surface area (Å²) in [5.74, 6) is -1.83. The Labute approximate surface area is 109 Å². The van der Waals surface area contributed by atoms with Crippen molar-refractivity contribution < 1.29 is 19.1 Å². The average molecular weight is 254 g/mol. The van der Waals surface area contributed by atoms with Crippen molar-refractivity contribution in [1.29, 1.82) is 0 Å². The maximum atomic E-state index is 11.2. The molecule has 4 heteroatoms. The third-order valence-corrected chi connectivity index (χ3v) is 2.01. The minimum atomic E-state index is -0.917. The molecule has 0 aliphatic carbocycles. The molecule has 0 aliphatic rings. The SMILES string of the molecule is CCC=CCCOC(=O)C(=O)OCCC=CCC. The Bertz CT molecular complexity index is 262. The number of hydrogen-bond donors (Lipinski definition) is 0. The number of carbonyl (C=O) groups excluding carboxylic acids is 2. The van der Waals surface area contributed by atoms with Crippen molar-refractivity contribution in [3.05, 3.63) is 24.3 Å². The standard InChI is InChI=1S/C14H22O4/c1-3-5-7-9-11-17-13(15)14(16)18-12-10-8-6-4-2/h5-8H,3-4,9-12H2,1-2H3. The van der Waals surface area contributed by atoms with Crippen LogP contribution in [0, 0.1) is 0 Å². The predicted octanol–water partition coefficient (Wildman–Crippen LogP) is 2.79. The highest BCUT2D eigenvalue weighted by atomic mass is 16.6. The van der Waals surface area contributed by atoms with Crippen molar-refractivity contribution in [1.82, 2.24) is 0 Å². The number of rotatable bonds is 8. The Morgan fingerprint density at radius 2 is 1.17 bits per heavy atom. The van der Waals surface area contributed by atoms with Gasteiger partial charge in [0.1, 0.15) is 0 Å². The maximum Gasteiger partial charge on any atom is 0.417 e. The van der Waals surface area contributed by atoms with E-state index in [0.29, 0.717) is 12.8 Å². The molecule has 18 heavy (non-hydrogen) atoms. The molecule has 0 heterocycles. The van der Waals surface area contributed by atoms with Crippen molar-refractivity contribution >= 4 is 11.9 Å². The monoisotopic (exact) mass is 254 g/mol. The van der Waals surface area contributed by atoms with Crippen LogP contribution >= 0.6 is 0 Å². The third-order valence-electron chi connectivity index (χ3n) is 2.01. The molecule has 0 unspecified atom stereocenters. The fourth-order valence-corrected chi connectivity index (χ4v) is 1.13. The van der Waals surface area contributed by atoms with Crippen molar-refractivity contribution in [3.8, 4) is 0 Å². The summed E-state index contributed by atoms with van der Waals surface area (Å²) < 4.78 is 9.49. The van der Waals surface area contributed by atoms with Gasteiger partial charge in [0.05, 0.1) is 13.2 Å². The van der Waals surface area contributed by atoms with E-state index in [1.807, 2.05) is 38.2 Å². The van der Waals surface area contributed by atoms with Crippen LogP contribution in [-0.2, 0) is 19.1 Å². The first-order valence-electron chi connectivity index (χ1n) is 6.36. The van der Waals surface area contributed by atoms with Gasteiger partial charge in [-0.05, 0) is 25.7 Å². The van der Waals surface area contributed by atoms with Crippen LogP contribution in [0.4, 0.5) is 0 Å². The first-order valence-corrected chi connectivity index (χ1v) is 6.36. The summed E-state index contributed by atoms with van der Waals surface area (Å²) in [5.41, 5.74) is 0. The molecule has 0 N–H and O–H groups in total. The zero-order valence-electron chi connectivity index (χ0n) is 11.2. The second-order valence-corrected chi connectivity index (χ2v) is 3.61. The molecule has 4 nitrogen and oxygen atoms in total. The van der Waals surface area contributed by atoms with Gasteiger partial charge in [-0.2, -0.15) is 0 Å². The minimum absolute atomic E-state index is 0.209. The van der Waals surface area contributed by atoms with E-state index in [1.165, 1.54) is 0 Å². The van der Waals surface area contributed by atoms with Crippen LogP contribution < -0.4 is 0 Å². The lowest BCUT2D eigenvalue weighted by molar-refractivity contribution is -0.167. The van der Waals surface area contributed by atoms with E-state index in [9.17, 15) is 9.59 Å². The maximum absolute atomic E-state index is 11.2. The highest BCUT2D eigenvalue weighted by Crippen LogP contribution is 1.93. The van der Waals surface area contributed by atoms with Gasteiger partial charge in [-0.3, -0.25) is 0 Å². The zero-order valence-corrected chi connectivity index (χ0v) is 11.2. The molecule has 0 fully saturated rings. The topological polar surface area (TPSA) is 52.6 Å². The van der Waals surface area contributed by atoms with Crippen LogP contribution in [0.1, 0.15) is 39.5 Å². The normalized spacial score (nSPS) is 11.0. The summed E-state index contributed by atoms with van der Waals surface area (Å²) in [4.78, 5) is 22.3. The molecule has 0 spiro atoms. The third kappa shape index (κ3) is 9.63. The molecule has 0 radical (unpaired) electrons. The fraction of sp³-hybridized carbons (Fsp3) is 0.571. The molecule has 0 aliphatic heterocycles. The van der Waals surface area contributed by atoms with Crippen molar-refractivity contribution in [2.75, 3.05) is 13.2 Å². The molecule has 0 aromatic carbocycles. The molecule has 0 aromatic rings. The Morgan fingerprint density at radius 3 is 1.50 bits per heavy atom. The van der Waals surface area contributed by atoms with Gasteiger partial charge in [-0.25, -0.2) is 9.59 Å². The van der Waals surface area contributed by atoms with Gasteiger partial charge >= 0.3 is 11.9 Å². The molecule has 0 bridgehead atoms. The van der Waals surface area contributed by atoms with Crippen molar-refractivity contribution in [2.45, 2.75) is 39.5 Å². The van der Waals surface area contributed by atoms with Crippen LogP contribution in [0.25, 0.3) is 0 Å². The van der Waals surface area contributed by atoms with Crippen LogP contribution in [-0.4, -0.2) is 25.2 Å². The van der Waals surface area contributed by atoms with Crippen LogP contribution in [0.15, 0.2) is 24.3 Å². The van der Waals surface area contributed by atoms with E-state index in [0.717, 1.165) is 12.8 Å². The molecule has 0 rings (SSSR count). The number of ether oxygens (including phenoxy) is 2. The highest BCUT2D eigenvalue weighted by Gasteiger charge is 2.16. The fourth-order valence-electron chi connectivity index (χ4n) is 1.13. The largest absolute Gasteiger partial charge is 0.457 e. The first-order chi connectivity index (χ1) is 8.72. The Kier molecular flexibility index (Phi) is 10.8. The summed E-state index contributed by atoms with van der Waals surface area (Å²) in [6, 6.07) is 0. The molecular weight excluding hydrogens is 232 g/mol. The van der Waals surface area contributed by atoms with E-state index < -0.39 is 11.9 Å². The first kappa shape index (κ1) is 16.4. The molecule has 0 saturated heterocycles. The van der Waals surface area contributed by atoms with E-state index in [-0.39, 0.29) is 13.2 Å². The predicted molar refractivity (Wildman–Crippen MR) is 70.0 cm³/mol. The van der Waals surface area contributed by atoms with Crippen molar-refractivity contribution in [2.24, 2.45) is 0 Å². The lowest BCUT2D eigenvalue weighted by atomic mass is 10.3. The van der Waals surface area contributed by atoms with E-state index in [1.54, 1.807) is 0 Å². The van der Waals surface area contributed by atoms with Gasteiger partial charge in [-0.15, -0.1) is 0 Å². The van der Waals surface area contributed by atoms with Gasteiger partial charge in [0.2, 0.25) is 0 Å². The van der Waals surface area contributed by atoms with Crippen LogP contribution in [0.5, 0.6) is 0 Å². The summed E-state index contributed by atoms with van der Waals surface area (Å²) >= 11 is 0. The Balaban J connectivity index is 3.60.